The number of rotatable bonds is 2. The molecule has 1 amide bonds. The third-order valence-corrected chi connectivity index (χ3v) is 5.17. The minimum atomic E-state index is -0.234. The summed E-state index contributed by atoms with van der Waals surface area (Å²) in [6.45, 7) is 3.26. The average molecular weight is 278 g/mol. The molecular weight excluding hydrogens is 256 g/mol. The van der Waals surface area contributed by atoms with E-state index in [4.69, 9.17) is 4.74 Å². The predicted molar refractivity (Wildman–Crippen MR) is 73.0 cm³/mol. The normalized spacial score (nSPS) is 39.9. The Hall–Kier alpha value is -1.11. The second-order valence-electron chi connectivity index (χ2n) is 6.38. The van der Waals surface area contributed by atoms with Gasteiger partial charge in [0.1, 0.15) is 6.04 Å². The first-order valence-electron chi connectivity index (χ1n) is 7.66. The molecule has 2 saturated heterocycles. The van der Waals surface area contributed by atoms with Crippen molar-refractivity contribution in [2.45, 2.75) is 25.3 Å². The van der Waals surface area contributed by atoms with Gasteiger partial charge in [0.15, 0.2) is 0 Å². The molecule has 3 fully saturated rings. The summed E-state index contributed by atoms with van der Waals surface area (Å²) < 4.78 is 5.44. The number of amides is 1. The fraction of sp³-hybridized carbons (Fsp3) is 0.786. The molecule has 20 heavy (non-hydrogen) atoms. The van der Waals surface area contributed by atoms with Gasteiger partial charge in [0, 0.05) is 24.7 Å². The maximum absolute atomic E-state index is 12.4. The van der Waals surface area contributed by atoms with E-state index in [0.717, 1.165) is 30.6 Å². The zero-order valence-corrected chi connectivity index (χ0v) is 11.6. The van der Waals surface area contributed by atoms with Crippen LogP contribution in [0.5, 0.6) is 0 Å². The lowest BCUT2D eigenvalue weighted by atomic mass is 9.97. The molecule has 4 aliphatic rings. The summed E-state index contributed by atoms with van der Waals surface area (Å²) in [5.74, 6) is 1.75. The standard InChI is InChI=1S/C14H22N4O2/c19-14(13-11-8-20-5-4-12(11)15-16-13)17-18-6-9-2-1-3-10(9)7-18/h4,9-11,13,15-16H,1-3,5-8H2,(H,17,19). The third kappa shape index (κ3) is 2.12. The van der Waals surface area contributed by atoms with Crippen molar-refractivity contribution in [3.8, 4) is 0 Å². The van der Waals surface area contributed by atoms with Crippen LogP contribution in [0, 0.1) is 17.8 Å². The summed E-state index contributed by atoms with van der Waals surface area (Å²) in [7, 11) is 0. The third-order valence-electron chi connectivity index (χ3n) is 5.17. The van der Waals surface area contributed by atoms with Crippen molar-refractivity contribution in [2.75, 3.05) is 26.3 Å². The van der Waals surface area contributed by atoms with Gasteiger partial charge in [0.2, 0.25) is 0 Å². The van der Waals surface area contributed by atoms with Gasteiger partial charge in [0.05, 0.1) is 13.2 Å². The minimum Gasteiger partial charge on any atom is -0.377 e. The van der Waals surface area contributed by atoms with Crippen LogP contribution in [0.15, 0.2) is 11.8 Å². The van der Waals surface area contributed by atoms with Crippen LogP contribution in [0.1, 0.15) is 19.3 Å². The van der Waals surface area contributed by atoms with E-state index in [1.54, 1.807) is 0 Å². The van der Waals surface area contributed by atoms with E-state index in [1.165, 1.54) is 19.3 Å². The van der Waals surface area contributed by atoms with E-state index < -0.39 is 0 Å². The van der Waals surface area contributed by atoms with Crippen molar-refractivity contribution in [2.24, 2.45) is 17.8 Å². The Bertz CT molecular complexity index is 427. The van der Waals surface area contributed by atoms with Crippen LogP contribution in [-0.2, 0) is 9.53 Å². The molecule has 3 heterocycles. The Morgan fingerprint density at radius 2 is 2.15 bits per heavy atom. The number of nitrogens with zero attached hydrogens (tertiary/aromatic N) is 1. The molecule has 1 saturated carbocycles. The smallest absolute Gasteiger partial charge is 0.254 e. The highest BCUT2D eigenvalue weighted by Gasteiger charge is 2.41. The second-order valence-corrected chi connectivity index (χ2v) is 6.38. The van der Waals surface area contributed by atoms with Crippen LogP contribution in [0.3, 0.4) is 0 Å². The van der Waals surface area contributed by atoms with Crippen LogP contribution in [0.4, 0.5) is 0 Å². The molecule has 6 heteroatoms. The molecule has 0 aromatic heterocycles. The van der Waals surface area contributed by atoms with Crippen LogP contribution >= 0.6 is 0 Å². The Morgan fingerprint density at radius 1 is 1.35 bits per heavy atom. The lowest BCUT2D eigenvalue weighted by Gasteiger charge is -2.24. The molecule has 4 unspecified atom stereocenters. The highest BCUT2D eigenvalue weighted by Crippen LogP contribution is 2.37. The van der Waals surface area contributed by atoms with E-state index >= 15 is 0 Å². The molecule has 0 spiro atoms. The summed E-state index contributed by atoms with van der Waals surface area (Å²) >= 11 is 0. The summed E-state index contributed by atoms with van der Waals surface area (Å²) in [6, 6.07) is -0.234. The number of hydrazine groups is 2. The van der Waals surface area contributed by atoms with Crippen molar-refractivity contribution in [1.29, 1.82) is 0 Å². The van der Waals surface area contributed by atoms with Gasteiger partial charge < -0.3 is 10.2 Å². The van der Waals surface area contributed by atoms with Gasteiger partial charge in [-0.1, -0.05) is 6.42 Å². The Labute approximate surface area is 118 Å². The number of fused-ring (bicyclic) bond motifs is 2. The van der Waals surface area contributed by atoms with E-state index in [1.807, 2.05) is 6.08 Å². The summed E-state index contributed by atoms with van der Waals surface area (Å²) in [5.41, 5.74) is 10.4. The first-order chi connectivity index (χ1) is 9.81. The van der Waals surface area contributed by atoms with Gasteiger partial charge in [0.25, 0.3) is 5.91 Å². The van der Waals surface area contributed by atoms with Gasteiger partial charge >= 0.3 is 0 Å². The zero-order valence-electron chi connectivity index (χ0n) is 11.6. The van der Waals surface area contributed by atoms with Crippen LogP contribution in [0.25, 0.3) is 0 Å². The highest BCUT2D eigenvalue weighted by molar-refractivity contribution is 5.82. The van der Waals surface area contributed by atoms with E-state index in [-0.39, 0.29) is 17.9 Å². The van der Waals surface area contributed by atoms with Gasteiger partial charge in [-0.25, -0.2) is 10.4 Å². The summed E-state index contributed by atoms with van der Waals surface area (Å²) in [4.78, 5) is 12.4. The molecule has 1 aliphatic carbocycles. The maximum atomic E-state index is 12.4. The fourth-order valence-corrected chi connectivity index (χ4v) is 4.07. The first kappa shape index (κ1) is 12.6. The number of hydrogen-bond donors (Lipinski definition) is 3. The molecule has 4 atom stereocenters. The monoisotopic (exact) mass is 278 g/mol. The maximum Gasteiger partial charge on any atom is 0.254 e. The number of hydrogen-bond acceptors (Lipinski definition) is 5. The van der Waals surface area contributed by atoms with Crippen LogP contribution in [0.2, 0.25) is 0 Å². The molecule has 0 bridgehead atoms. The van der Waals surface area contributed by atoms with Crippen molar-refractivity contribution in [1.82, 2.24) is 21.3 Å². The van der Waals surface area contributed by atoms with Crippen molar-refractivity contribution in [3.05, 3.63) is 11.8 Å². The highest BCUT2D eigenvalue weighted by atomic mass is 16.5. The molecule has 4 rings (SSSR count). The summed E-state index contributed by atoms with van der Waals surface area (Å²) in [6.07, 6.45) is 6.01. The number of carbonyl (C=O) groups is 1. The lowest BCUT2D eigenvalue weighted by Crippen LogP contribution is -2.52. The van der Waals surface area contributed by atoms with Crippen LogP contribution in [-0.4, -0.2) is 43.3 Å². The Balaban J connectivity index is 1.37. The van der Waals surface area contributed by atoms with E-state index in [0.29, 0.717) is 13.2 Å². The molecule has 6 nitrogen and oxygen atoms in total. The SMILES string of the molecule is O=C(NN1CC2CCCC2C1)C1NNC2=CCOCC21. The first-order valence-corrected chi connectivity index (χ1v) is 7.66. The van der Waals surface area contributed by atoms with Gasteiger partial charge in [-0.05, 0) is 30.8 Å². The fourth-order valence-electron chi connectivity index (χ4n) is 4.07. The van der Waals surface area contributed by atoms with Crippen molar-refractivity contribution >= 4 is 5.91 Å². The minimum absolute atomic E-state index is 0.0522. The van der Waals surface area contributed by atoms with E-state index in [9.17, 15) is 4.79 Å². The van der Waals surface area contributed by atoms with Gasteiger partial charge in [-0.2, -0.15) is 0 Å². The molecular formula is C14H22N4O2. The molecule has 110 valence electrons. The quantitative estimate of drug-likeness (QED) is 0.650. The lowest BCUT2D eigenvalue weighted by molar-refractivity contribution is -0.128. The second kappa shape index (κ2) is 5.02. The summed E-state index contributed by atoms with van der Waals surface area (Å²) in [5, 5.41) is 2.11. The average Bonchev–Trinajstić information content (AvgIpc) is 3.10. The van der Waals surface area contributed by atoms with Crippen molar-refractivity contribution < 1.29 is 9.53 Å². The molecule has 0 aromatic rings. The van der Waals surface area contributed by atoms with Crippen molar-refractivity contribution in [3.63, 3.8) is 0 Å². The van der Waals surface area contributed by atoms with Crippen LogP contribution < -0.4 is 16.3 Å². The van der Waals surface area contributed by atoms with Gasteiger partial charge in [-0.3, -0.25) is 10.2 Å². The number of ether oxygens (including phenoxy) is 1. The molecule has 0 aromatic carbocycles. The molecule has 0 radical (unpaired) electrons. The van der Waals surface area contributed by atoms with E-state index in [2.05, 4.69) is 21.3 Å². The largest absolute Gasteiger partial charge is 0.377 e. The number of nitrogens with one attached hydrogen (secondary N) is 3. The molecule has 3 aliphatic heterocycles. The van der Waals surface area contributed by atoms with Gasteiger partial charge in [-0.15, -0.1) is 0 Å². The number of carbonyl (C=O) groups excluding carboxylic acids is 1. The topological polar surface area (TPSA) is 65.6 Å². The predicted octanol–water partition coefficient (Wildman–Crippen LogP) is -0.244. The zero-order chi connectivity index (χ0) is 13.5. The molecule has 3 N–H and O–H groups in total. The Morgan fingerprint density at radius 3 is 2.95 bits per heavy atom. The Kier molecular flexibility index (Phi) is 3.17.